The second-order valence-electron chi connectivity index (χ2n) is 7.51. The first-order chi connectivity index (χ1) is 12.1. The summed E-state index contributed by atoms with van der Waals surface area (Å²) in [6, 6.07) is 14.6. The molecule has 0 amide bonds. The van der Waals surface area contributed by atoms with Gasteiger partial charge in [0, 0.05) is 24.5 Å². The number of alkyl halides is 3. The average molecular weight is 364 g/mol. The minimum Gasteiger partial charge on any atom is -0.406 e. The summed E-state index contributed by atoms with van der Waals surface area (Å²) in [5, 5.41) is 0. The first kappa shape index (κ1) is 18.4. The zero-order valence-electron chi connectivity index (χ0n) is 15.2. The Bertz CT molecular complexity index is 734. The van der Waals surface area contributed by atoms with E-state index in [0.717, 1.165) is 24.5 Å². The van der Waals surface area contributed by atoms with E-state index < -0.39 is 6.36 Å². The molecule has 0 N–H and O–H groups in total. The molecule has 0 saturated carbocycles. The third kappa shape index (κ3) is 4.42. The van der Waals surface area contributed by atoms with Gasteiger partial charge in [0.15, 0.2) is 0 Å². The maximum absolute atomic E-state index is 12.2. The largest absolute Gasteiger partial charge is 0.573 e. The van der Waals surface area contributed by atoms with Gasteiger partial charge in [0.2, 0.25) is 0 Å². The van der Waals surface area contributed by atoms with Gasteiger partial charge < -0.3 is 14.5 Å². The minimum absolute atomic E-state index is 0.121. The van der Waals surface area contributed by atoms with E-state index in [1.54, 1.807) is 12.1 Å². The van der Waals surface area contributed by atoms with Crippen LogP contribution in [0.4, 0.5) is 24.5 Å². The van der Waals surface area contributed by atoms with E-state index in [1.165, 1.54) is 17.7 Å². The van der Waals surface area contributed by atoms with Crippen LogP contribution in [-0.4, -0.2) is 26.1 Å². The van der Waals surface area contributed by atoms with Crippen LogP contribution >= 0.6 is 0 Å². The molecular weight excluding hydrogens is 341 g/mol. The number of hydrogen-bond acceptors (Lipinski definition) is 3. The lowest BCUT2D eigenvalue weighted by molar-refractivity contribution is -0.274. The zero-order valence-corrected chi connectivity index (χ0v) is 15.2. The SMILES string of the molecule is CC(C)(C)c1ccc(N2CCN(c3ccc(OC(F)(F)F)cc3)C2)cc1. The highest BCUT2D eigenvalue weighted by atomic mass is 19.4. The van der Waals surface area contributed by atoms with Crippen LogP contribution in [0.25, 0.3) is 0 Å². The number of anilines is 2. The molecule has 1 heterocycles. The molecule has 3 rings (SSSR count). The fraction of sp³-hybridized carbons (Fsp3) is 0.400. The van der Waals surface area contributed by atoms with Crippen molar-refractivity contribution in [1.82, 2.24) is 0 Å². The van der Waals surface area contributed by atoms with Crippen LogP contribution in [0.15, 0.2) is 48.5 Å². The highest BCUT2D eigenvalue weighted by molar-refractivity contribution is 5.56. The molecule has 1 aliphatic rings. The van der Waals surface area contributed by atoms with Crippen molar-refractivity contribution in [2.24, 2.45) is 0 Å². The Hall–Kier alpha value is -2.37. The van der Waals surface area contributed by atoms with Crippen LogP contribution in [-0.2, 0) is 5.41 Å². The monoisotopic (exact) mass is 364 g/mol. The van der Waals surface area contributed by atoms with Crippen molar-refractivity contribution in [3.05, 3.63) is 54.1 Å². The molecule has 140 valence electrons. The third-order valence-corrected chi connectivity index (χ3v) is 4.52. The highest BCUT2D eigenvalue weighted by Crippen LogP contribution is 2.29. The molecule has 0 atom stereocenters. The standard InChI is InChI=1S/C20H23F3N2O/c1-19(2,3)15-4-6-16(7-5-15)24-12-13-25(14-24)17-8-10-18(11-9-17)26-20(21,22)23/h4-11H,12-14H2,1-3H3. The van der Waals surface area contributed by atoms with E-state index in [0.29, 0.717) is 6.67 Å². The van der Waals surface area contributed by atoms with Crippen LogP contribution in [0.2, 0.25) is 0 Å². The van der Waals surface area contributed by atoms with Crippen molar-refractivity contribution >= 4 is 11.4 Å². The number of nitrogens with zero attached hydrogens (tertiary/aromatic N) is 2. The van der Waals surface area contributed by atoms with Crippen molar-refractivity contribution in [2.75, 3.05) is 29.6 Å². The van der Waals surface area contributed by atoms with Gasteiger partial charge in [-0.15, -0.1) is 13.2 Å². The summed E-state index contributed by atoms with van der Waals surface area (Å²) in [6.07, 6.45) is -4.66. The van der Waals surface area contributed by atoms with E-state index in [-0.39, 0.29) is 11.2 Å². The summed E-state index contributed by atoms with van der Waals surface area (Å²) in [5.74, 6) is -0.199. The number of benzene rings is 2. The zero-order chi connectivity index (χ0) is 18.9. The van der Waals surface area contributed by atoms with Crippen molar-refractivity contribution in [1.29, 1.82) is 0 Å². The average Bonchev–Trinajstić information content (AvgIpc) is 3.03. The molecule has 0 aromatic heterocycles. The van der Waals surface area contributed by atoms with Crippen LogP contribution in [0.1, 0.15) is 26.3 Å². The van der Waals surface area contributed by atoms with E-state index in [1.807, 2.05) is 0 Å². The van der Waals surface area contributed by atoms with Crippen molar-refractivity contribution < 1.29 is 17.9 Å². The molecule has 3 nitrogen and oxygen atoms in total. The fourth-order valence-corrected chi connectivity index (χ4v) is 3.04. The topological polar surface area (TPSA) is 15.7 Å². The molecule has 2 aromatic carbocycles. The van der Waals surface area contributed by atoms with Crippen LogP contribution in [0.5, 0.6) is 5.75 Å². The maximum Gasteiger partial charge on any atom is 0.573 e. The lowest BCUT2D eigenvalue weighted by Crippen LogP contribution is -2.25. The number of rotatable bonds is 3. The maximum atomic E-state index is 12.2. The van der Waals surface area contributed by atoms with Gasteiger partial charge in [-0.05, 0) is 47.4 Å². The van der Waals surface area contributed by atoms with Gasteiger partial charge in [-0.3, -0.25) is 0 Å². The fourth-order valence-electron chi connectivity index (χ4n) is 3.04. The minimum atomic E-state index is -4.66. The molecule has 0 unspecified atom stereocenters. The van der Waals surface area contributed by atoms with E-state index >= 15 is 0 Å². The molecule has 0 spiro atoms. The molecule has 26 heavy (non-hydrogen) atoms. The van der Waals surface area contributed by atoms with Crippen molar-refractivity contribution in [3.8, 4) is 5.75 Å². The molecule has 0 radical (unpaired) electrons. The van der Waals surface area contributed by atoms with Crippen LogP contribution < -0.4 is 14.5 Å². The molecular formula is C20H23F3N2O. The van der Waals surface area contributed by atoms with Gasteiger partial charge in [0.25, 0.3) is 0 Å². The predicted octanol–water partition coefficient (Wildman–Crippen LogP) is 5.17. The molecule has 1 fully saturated rings. The lowest BCUT2D eigenvalue weighted by atomic mass is 9.87. The first-order valence-corrected chi connectivity index (χ1v) is 8.58. The van der Waals surface area contributed by atoms with Crippen molar-refractivity contribution in [2.45, 2.75) is 32.5 Å². The number of halogens is 3. The second kappa shape index (κ2) is 6.74. The predicted molar refractivity (Wildman–Crippen MR) is 97.8 cm³/mol. The molecule has 0 aliphatic carbocycles. The Balaban J connectivity index is 1.65. The highest BCUT2D eigenvalue weighted by Gasteiger charge is 2.31. The Morgan fingerprint density at radius 1 is 0.769 bits per heavy atom. The van der Waals surface area contributed by atoms with Gasteiger partial charge in [0.05, 0.1) is 6.67 Å². The van der Waals surface area contributed by atoms with Crippen LogP contribution in [0, 0.1) is 0 Å². The Morgan fingerprint density at radius 3 is 1.65 bits per heavy atom. The Morgan fingerprint density at radius 2 is 1.23 bits per heavy atom. The summed E-state index contributed by atoms with van der Waals surface area (Å²) in [6.45, 7) is 8.95. The summed E-state index contributed by atoms with van der Waals surface area (Å²) in [5.41, 5.74) is 3.44. The summed E-state index contributed by atoms with van der Waals surface area (Å²) >= 11 is 0. The van der Waals surface area contributed by atoms with E-state index in [2.05, 4.69) is 59.6 Å². The first-order valence-electron chi connectivity index (χ1n) is 8.58. The number of hydrogen-bond donors (Lipinski definition) is 0. The van der Waals surface area contributed by atoms with Gasteiger partial charge in [-0.25, -0.2) is 0 Å². The quantitative estimate of drug-likeness (QED) is 0.748. The number of ether oxygens (including phenoxy) is 1. The smallest absolute Gasteiger partial charge is 0.406 e. The van der Waals surface area contributed by atoms with Gasteiger partial charge in [-0.2, -0.15) is 0 Å². The summed E-state index contributed by atoms with van der Waals surface area (Å²) in [7, 11) is 0. The second-order valence-corrected chi connectivity index (χ2v) is 7.51. The molecule has 2 aromatic rings. The van der Waals surface area contributed by atoms with Crippen LogP contribution in [0.3, 0.4) is 0 Å². The molecule has 1 aliphatic heterocycles. The Kier molecular flexibility index (Phi) is 4.78. The van der Waals surface area contributed by atoms with E-state index in [9.17, 15) is 13.2 Å². The molecule has 1 saturated heterocycles. The summed E-state index contributed by atoms with van der Waals surface area (Å²) in [4.78, 5) is 4.39. The van der Waals surface area contributed by atoms with Gasteiger partial charge in [0.1, 0.15) is 5.75 Å². The van der Waals surface area contributed by atoms with Gasteiger partial charge >= 0.3 is 6.36 Å². The summed E-state index contributed by atoms with van der Waals surface area (Å²) < 4.78 is 40.7. The lowest BCUT2D eigenvalue weighted by Gasteiger charge is -2.23. The van der Waals surface area contributed by atoms with Gasteiger partial charge in [-0.1, -0.05) is 32.9 Å². The normalized spacial score (nSPS) is 15.5. The van der Waals surface area contributed by atoms with Crippen molar-refractivity contribution in [3.63, 3.8) is 0 Å². The van der Waals surface area contributed by atoms with E-state index in [4.69, 9.17) is 0 Å². The Labute approximate surface area is 152 Å². The third-order valence-electron chi connectivity index (χ3n) is 4.52. The molecule has 6 heteroatoms. The molecule has 0 bridgehead atoms.